The average molecular weight is 383 g/mol. The number of anilines is 1. The Morgan fingerprint density at radius 1 is 0.966 bits per heavy atom. The van der Waals surface area contributed by atoms with Crippen LogP contribution >= 0.6 is 0 Å². The molecule has 0 aliphatic rings. The monoisotopic (exact) mass is 383 g/mol. The molecule has 2 aromatic carbocycles. The molecular weight excluding hydrogens is 358 g/mol. The highest BCUT2D eigenvalue weighted by atomic mass is 16.5. The van der Waals surface area contributed by atoms with E-state index in [1.165, 1.54) is 11.1 Å². The smallest absolute Gasteiger partial charge is 0.139 e. The topological polar surface area (TPSA) is 38.6 Å². The van der Waals surface area contributed by atoms with Crippen LogP contribution in [-0.2, 0) is 6.54 Å². The van der Waals surface area contributed by atoms with Gasteiger partial charge in [-0.1, -0.05) is 48.5 Å². The predicted molar refractivity (Wildman–Crippen MR) is 120 cm³/mol. The molecule has 0 fully saturated rings. The zero-order chi connectivity index (χ0) is 20.2. The normalized spacial score (nSPS) is 11.3. The van der Waals surface area contributed by atoms with Crippen molar-refractivity contribution in [3.05, 3.63) is 94.8 Å². The number of methoxy groups -OCH3 is 1. The summed E-state index contributed by atoms with van der Waals surface area (Å²) < 4.78 is 7.65. The van der Waals surface area contributed by atoms with Crippen molar-refractivity contribution in [3.63, 3.8) is 0 Å². The van der Waals surface area contributed by atoms with E-state index in [1.807, 2.05) is 36.4 Å². The van der Waals surface area contributed by atoms with Crippen molar-refractivity contribution < 1.29 is 4.74 Å². The van der Waals surface area contributed by atoms with Crippen molar-refractivity contribution >= 4 is 23.6 Å². The fourth-order valence-electron chi connectivity index (χ4n) is 3.59. The van der Waals surface area contributed by atoms with Crippen LogP contribution in [0.25, 0.3) is 17.8 Å². The molecule has 29 heavy (non-hydrogen) atoms. The number of aromatic nitrogens is 2. The molecule has 0 unspecified atom stereocenters. The second-order valence-corrected chi connectivity index (χ2v) is 7.13. The van der Waals surface area contributed by atoms with Gasteiger partial charge in [-0.25, -0.2) is 4.98 Å². The van der Waals surface area contributed by atoms with E-state index in [-0.39, 0.29) is 0 Å². The highest BCUT2D eigenvalue weighted by Gasteiger charge is 2.12. The average Bonchev–Trinajstić information content (AvgIpc) is 3.09. The van der Waals surface area contributed by atoms with Gasteiger partial charge in [-0.05, 0) is 55.3 Å². The first kappa shape index (κ1) is 18.8. The van der Waals surface area contributed by atoms with E-state index < -0.39 is 0 Å². The highest BCUT2D eigenvalue weighted by Crippen LogP contribution is 2.26. The van der Waals surface area contributed by atoms with Gasteiger partial charge in [-0.15, -0.1) is 0 Å². The Morgan fingerprint density at radius 3 is 2.52 bits per heavy atom. The summed E-state index contributed by atoms with van der Waals surface area (Å²) in [6.07, 6.45) is 4.10. The summed E-state index contributed by atoms with van der Waals surface area (Å²) in [4.78, 5) is 4.89. The number of imidazole rings is 1. The van der Waals surface area contributed by atoms with Gasteiger partial charge < -0.3 is 10.1 Å². The second kappa shape index (κ2) is 8.23. The molecule has 4 rings (SSSR count). The first-order chi connectivity index (χ1) is 14.2. The minimum absolute atomic E-state index is 0.734. The van der Waals surface area contributed by atoms with Gasteiger partial charge in [0.1, 0.15) is 22.9 Å². The maximum absolute atomic E-state index is 5.47. The van der Waals surface area contributed by atoms with Crippen molar-refractivity contribution in [1.29, 1.82) is 0 Å². The lowest BCUT2D eigenvalue weighted by atomic mass is 10.1. The number of aryl methyl sites for hydroxylation is 2. The van der Waals surface area contributed by atoms with E-state index in [1.54, 1.807) is 7.11 Å². The Hall–Kier alpha value is -3.53. The first-order valence-corrected chi connectivity index (χ1v) is 9.74. The van der Waals surface area contributed by atoms with Gasteiger partial charge in [0.2, 0.25) is 0 Å². The van der Waals surface area contributed by atoms with Crippen LogP contribution in [-0.4, -0.2) is 16.5 Å². The highest BCUT2D eigenvalue weighted by molar-refractivity contribution is 5.78. The minimum atomic E-state index is 0.734. The van der Waals surface area contributed by atoms with Crippen LogP contribution in [0.3, 0.4) is 0 Å². The molecule has 0 bridgehead atoms. The maximum Gasteiger partial charge on any atom is 0.139 e. The molecule has 146 valence electrons. The van der Waals surface area contributed by atoms with E-state index in [4.69, 9.17) is 9.72 Å². The van der Waals surface area contributed by atoms with Crippen molar-refractivity contribution in [2.45, 2.75) is 20.4 Å². The Bertz CT molecular complexity index is 1160. The second-order valence-electron chi connectivity index (χ2n) is 7.13. The summed E-state index contributed by atoms with van der Waals surface area (Å²) in [5.41, 5.74) is 6.45. The number of fused-ring (bicyclic) bond motifs is 1. The zero-order valence-electron chi connectivity index (χ0n) is 17.0. The van der Waals surface area contributed by atoms with E-state index in [2.05, 4.69) is 66.0 Å². The third-order valence-corrected chi connectivity index (χ3v) is 4.94. The number of hydrogen-bond donors (Lipinski definition) is 1. The van der Waals surface area contributed by atoms with Gasteiger partial charge in [-0.3, -0.25) is 4.40 Å². The van der Waals surface area contributed by atoms with E-state index in [9.17, 15) is 0 Å². The molecule has 0 radical (unpaired) electrons. The van der Waals surface area contributed by atoms with Crippen LogP contribution in [0.2, 0.25) is 0 Å². The maximum atomic E-state index is 5.47. The lowest BCUT2D eigenvalue weighted by Gasteiger charge is -2.10. The molecular formula is C25H25N3O. The van der Waals surface area contributed by atoms with E-state index >= 15 is 0 Å². The quantitative estimate of drug-likeness (QED) is 0.461. The van der Waals surface area contributed by atoms with Gasteiger partial charge in [0, 0.05) is 17.8 Å². The van der Waals surface area contributed by atoms with Crippen molar-refractivity contribution in [3.8, 4) is 5.75 Å². The molecule has 4 heteroatoms. The molecule has 0 atom stereocenters. The third-order valence-electron chi connectivity index (χ3n) is 4.94. The molecule has 4 aromatic rings. The number of para-hydroxylation sites is 1. The van der Waals surface area contributed by atoms with Crippen molar-refractivity contribution in [1.82, 2.24) is 9.38 Å². The van der Waals surface area contributed by atoms with Crippen LogP contribution in [0.1, 0.15) is 28.1 Å². The summed E-state index contributed by atoms with van der Waals surface area (Å²) >= 11 is 0. The summed E-state index contributed by atoms with van der Waals surface area (Å²) in [5.74, 6) is 1.84. The standard InChI is InChI=1S/C25H25N3O/c1-18-15-19(2)28-24(16-18)27-22(14-13-21-11-7-8-12-23(21)29-3)25(28)26-17-20-9-5-4-6-10-20/h4-16,26H,17H2,1-3H3. The van der Waals surface area contributed by atoms with Gasteiger partial charge in [0.15, 0.2) is 0 Å². The molecule has 2 heterocycles. The summed E-state index contributed by atoms with van der Waals surface area (Å²) in [6.45, 7) is 4.95. The van der Waals surface area contributed by atoms with Crippen LogP contribution in [0.5, 0.6) is 5.75 Å². The molecule has 0 spiro atoms. The number of ether oxygens (including phenoxy) is 1. The molecule has 0 aliphatic heterocycles. The molecule has 0 amide bonds. The number of benzene rings is 2. The molecule has 0 saturated carbocycles. The van der Waals surface area contributed by atoms with E-state index in [0.717, 1.165) is 40.7 Å². The Labute approximate surface area is 171 Å². The Kier molecular flexibility index (Phi) is 5.34. The minimum Gasteiger partial charge on any atom is -0.496 e. The summed E-state index contributed by atoms with van der Waals surface area (Å²) in [7, 11) is 1.69. The fraction of sp³-hybridized carbons (Fsp3) is 0.160. The Balaban J connectivity index is 1.75. The molecule has 0 aliphatic carbocycles. The Morgan fingerprint density at radius 2 is 1.72 bits per heavy atom. The zero-order valence-corrected chi connectivity index (χ0v) is 17.0. The molecule has 4 nitrogen and oxygen atoms in total. The third kappa shape index (κ3) is 4.02. The summed E-state index contributed by atoms with van der Waals surface area (Å²) in [6, 6.07) is 22.7. The van der Waals surface area contributed by atoms with Gasteiger partial charge in [0.05, 0.1) is 7.11 Å². The van der Waals surface area contributed by atoms with Gasteiger partial charge in [0.25, 0.3) is 0 Å². The number of pyridine rings is 1. The van der Waals surface area contributed by atoms with Crippen LogP contribution in [0, 0.1) is 13.8 Å². The number of nitrogens with one attached hydrogen (secondary N) is 1. The number of hydrogen-bond acceptors (Lipinski definition) is 3. The van der Waals surface area contributed by atoms with Crippen LogP contribution in [0.4, 0.5) is 5.82 Å². The molecule has 2 aromatic heterocycles. The van der Waals surface area contributed by atoms with Crippen molar-refractivity contribution in [2.75, 3.05) is 12.4 Å². The van der Waals surface area contributed by atoms with Gasteiger partial charge >= 0.3 is 0 Å². The largest absolute Gasteiger partial charge is 0.496 e. The predicted octanol–water partition coefficient (Wildman–Crippen LogP) is 5.74. The van der Waals surface area contributed by atoms with Crippen molar-refractivity contribution in [2.24, 2.45) is 0 Å². The fourth-order valence-corrected chi connectivity index (χ4v) is 3.59. The van der Waals surface area contributed by atoms with E-state index in [0.29, 0.717) is 0 Å². The lowest BCUT2D eigenvalue weighted by Crippen LogP contribution is -2.05. The summed E-state index contributed by atoms with van der Waals surface area (Å²) in [5, 5.41) is 3.60. The number of nitrogens with zero attached hydrogens (tertiary/aromatic N) is 2. The van der Waals surface area contributed by atoms with Crippen LogP contribution in [0.15, 0.2) is 66.7 Å². The van der Waals surface area contributed by atoms with Crippen LogP contribution < -0.4 is 10.1 Å². The molecule has 0 saturated heterocycles. The molecule has 1 N–H and O–H groups in total. The number of rotatable bonds is 6. The lowest BCUT2D eigenvalue weighted by molar-refractivity contribution is 0.414. The first-order valence-electron chi connectivity index (χ1n) is 9.74. The van der Waals surface area contributed by atoms with Gasteiger partial charge in [-0.2, -0.15) is 0 Å². The SMILES string of the molecule is COc1ccccc1C=Cc1nc2cc(C)cc(C)n2c1NCc1ccccc1.